The minimum absolute atomic E-state index is 0.0599. The molecule has 0 radical (unpaired) electrons. The van der Waals surface area contributed by atoms with Gasteiger partial charge in [0.15, 0.2) is 0 Å². The van der Waals surface area contributed by atoms with Crippen LogP contribution in [0.5, 0.6) is 5.75 Å². The van der Waals surface area contributed by atoms with Gasteiger partial charge in [-0.05, 0) is 54.6 Å². The molecule has 2 heterocycles. The van der Waals surface area contributed by atoms with Gasteiger partial charge in [-0.25, -0.2) is 13.2 Å². The number of aromatic nitrogens is 1. The van der Waals surface area contributed by atoms with Crippen molar-refractivity contribution in [3.63, 3.8) is 0 Å². The van der Waals surface area contributed by atoms with Crippen molar-refractivity contribution in [1.29, 1.82) is 0 Å². The molecule has 1 atom stereocenters. The Morgan fingerprint density at radius 3 is 2.71 bits per heavy atom. The van der Waals surface area contributed by atoms with Gasteiger partial charge in [0.05, 0.1) is 36.3 Å². The number of H-pyrrole nitrogens is 1. The molecule has 0 amide bonds. The standard InChI is InChI=1S/C24H26N2O7S/c1-31-19-9-8-16-11-18(23(27)25-22(16)13-19)14-26(15-20-6-4-10-33-20)34(29,30)21-7-3-5-17(12-21)24(28)32-2/h3,5,7-9,11-13,20H,4,6,10,14-15H2,1-2H3,(H,25,27)/t20-/m1/s1. The smallest absolute Gasteiger partial charge is 0.337 e. The largest absolute Gasteiger partial charge is 0.497 e. The second-order valence-electron chi connectivity index (χ2n) is 8.03. The van der Waals surface area contributed by atoms with Gasteiger partial charge in [0.25, 0.3) is 5.56 Å². The van der Waals surface area contributed by atoms with Crippen molar-refractivity contribution in [1.82, 2.24) is 9.29 Å². The lowest BCUT2D eigenvalue weighted by Crippen LogP contribution is -2.38. The molecule has 1 aliphatic heterocycles. The van der Waals surface area contributed by atoms with Crippen LogP contribution in [0, 0.1) is 0 Å². The number of hydrogen-bond donors (Lipinski definition) is 1. The molecule has 0 saturated carbocycles. The Morgan fingerprint density at radius 2 is 2.00 bits per heavy atom. The monoisotopic (exact) mass is 486 g/mol. The number of carbonyl (C=O) groups is 1. The molecule has 34 heavy (non-hydrogen) atoms. The molecule has 0 unspecified atom stereocenters. The van der Waals surface area contributed by atoms with Crippen molar-refractivity contribution in [3.8, 4) is 5.75 Å². The van der Waals surface area contributed by atoms with Gasteiger partial charge < -0.3 is 19.2 Å². The number of ether oxygens (including phenoxy) is 3. The summed E-state index contributed by atoms with van der Waals surface area (Å²) in [6.07, 6.45) is 1.29. The molecular formula is C24H26N2O7S. The summed E-state index contributed by atoms with van der Waals surface area (Å²) in [5, 5.41) is 0.748. The molecule has 1 fully saturated rings. The van der Waals surface area contributed by atoms with E-state index < -0.39 is 21.6 Å². The van der Waals surface area contributed by atoms with Crippen LogP contribution in [-0.4, -0.2) is 57.2 Å². The van der Waals surface area contributed by atoms with Gasteiger partial charge in [0.2, 0.25) is 10.0 Å². The third-order valence-electron chi connectivity index (χ3n) is 5.80. The van der Waals surface area contributed by atoms with Crippen molar-refractivity contribution in [2.24, 2.45) is 0 Å². The van der Waals surface area contributed by atoms with Crippen molar-refractivity contribution in [3.05, 3.63) is 70.0 Å². The quantitative estimate of drug-likeness (QED) is 0.487. The fourth-order valence-electron chi connectivity index (χ4n) is 3.97. The normalized spacial score (nSPS) is 16.1. The highest BCUT2D eigenvalue weighted by molar-refractivity contribution is 7.89. The second kappa shape index (κ2) is 9.96. The number of pyridine rings is 1. The lowest BCUT2D eigenvalue weighted by molar-refractivity contribution is 0.0600. The van der Waals surface area contributed by atoms with Gasteiger partial charge >= 0.3 is 5.97 Å². The number of aromatic amines is 1. The average Bonchev–Trinajstić information content (AvgIpc) is 3.36. The van der Waals surface area contributed by atoms with Crippen LogP contribution < -0.4 is 10.3 Å². The zero-order chi connectivity index (χ0) is 24.3. The van der Waals surface area contributed by atoms with E-state index in [1.807, 2.05) is 0 Å². The topological polar surface area (TPSA) is 115 Å². The molecule has 10 heteroatoms. The molecule has 0 aliphatic carbocycles. The third kappa shape index (κ3) is 4.98. The Hall–Kier alpha value is -3.21. The van der Waals surface area contributed by atoms with E-state index >= 15 is 0 Å². The Balaban J connectivity index is 1.72. The van der Waals surface area contributed by atoms with Gasteiger partial charge in [-0.1, -0.05) is 6.07 Å². The molecule has 180 valence electrons. The first kappa shape index (κ1) is 23.9. The number of carbonyl (C=O) groups excluding carboxylic acids is 1. The Kier molecular flexibility index (Phi) is 7.01. The van der Waals surface area contributed by atoms with E-state index in [1.54, 1.807) is 24.3 Å². The van der Waals surface area contributed by atoms with E-state index in [0.29, 0.717) is 23.4 Å². The first-order valence-corrected chi connectivity index (χ1v) is 12.3. The first-order chi connectivity index (χ1) is 16.3. The number of hydrogen-bond acceptors (Lipinski definition) is 7. The van der Waals surface area contributed by atoms with Crippen molar-refractivity contribution in [2.75, 3.05) is 27.4 Å². The molecule has 0 bridgehead atoms. The zero-order valence-electron chi connectivity index (χ0n) is 18.9. The van der Waals surface area contributed by atoms with E-state index in [-0.39, 0.29) is 29.7 Å². The van der Waals surface area contributed by atoms with E-state index in [0.717, 1.165) is 18.2 Å². The van der Waals surface area contributed by atoms with Crippen LogP contribution in [0.25, 0.3) is 10.9 Å². The number of fused-ring (bicyclic) bond motifs is 1. The number of benzene rings is 2. The summed E-state index contributed by atoms with van der Waals surface area (Å²) in [6.45, 7) is 0.502. The van der Waals surface area contributed by atoms with Crippen molar-refractivity contribution in [2.45, 2.75) is 30.4 Å². The van der Waals surface area contributed by atoms with Gasteiger partial charge in [-0.15, -0.1) is 0 Å². The predicted molar refractivity (Wildman–Crippen MR) is 125 cm³/mol. The first-order valence-electron chi connectivity index (χ1n) is 10.8. The van der Waals surface area contributed by atoms with Gasteiger partial charge in [-0.3, -0.25) is 4.79 Å². The van der Waals surface area contributed by atoms with E-state index in [2.05, 4.69) is 4.98 Å². The van der Waals surface area contributed by atoms with E-state index in [4.69, 9.17) is 14.2 Å². The lowest BCUT2D eigenvalue weighted by atomic mass is 10.1. The fourth-order valence-corrected chi connectivity index (χ4v) is 5.47. The highest BCUT2D eigenvalue weighted by Gasteiger charge is 2.30. The molecule has 1 saturated heterocycles. The molecule has 1 aliphatic rings. The van der Waals surface area contributed by atoms with Crippen LogP contribution in [-0.2, 0) is 26.0 Å². The molecule has 2 aromatic carbocycles. The minimum atomic E-state index is -4.06. The number of nitrogens with zero attached hydrogens (tertiary/aromatic N) is 1. The SMILES string of the molecule is COC(=O)c1cccc(S(=O)(=O)N(Cc2cc3ccc(OC)cc3[nH]c2=O)C[C@H]2CCCO2)c1. The maximum absolute atomic E-state index is 13.6. The molecule has 0 spiro atoms. The Bertz CT molecular complexity index is 1360. The van der Waals surface area contributed by atoms with Gasteiger partial charge in [0, 0.05) is 31.3 Å². The average molecular weight is 487 g/mol. The third-order valence-corrected chi connectivity index (χ3v) is 7.61. The zero-order valence-corrected chi connectivity index (χ0v) is 19.8. The molecule has 1 aromatic heterocycles. The summed E-state index contributed by atoms with van der Waals surface area (Å²) in [5.74, 6) is -0.0342. The fraction of sp³-hybridized carbons (Fsp3) is 0.333. The van der Waals surface area contributed by atoms with E-state index in [1.165, 1.54) is 42.8 Å². The van der Waals surface area contributed by atoms with Crippen LogP contribution in [0.15, 0.2) is 58.2 Å². The summed E-state index contributed by atoms with van der Waals surface area (Å²) in [4.78, 5) is 27.5. The molecule has 4 rings (SSSR count). The van der Waals surface area contributed by atoms with Gasteiger partial charge in [-0.2, -0.15) is 4.31 Å². The number of nitrogens with one attached hydrogen (secondary N) is 1. The van der Waals surface area contributed by atoms with Crippen LogP contribution in [0.2, 0.25) is 0 Å². The van der Waals surface area contributed by atoms with Crippen LogP contribution in [0.1, 0.15) is 28.8 Å². The Labute approximate surface area is 197 Å². The van der Waals surface area contributed by atoms with Crippen LogP contribution in [0.4, 0.5) is 0 Å². The maximum atomic E-state index is 13.6. The van der Waals surface area contributed by atoms with Crippen molar-refractivity contribution < 1.29 is 27.4 Å². The molecule has 9 nitrogen and oxygen atoms in total. The predicted octanol–water partition coefficient (Wildman–Crippen LogP) is 2.69. The van der Waals surface area contributed by atoms with Gasteiger partial charge in [0.1, 0.15) is 5.75 Å². The molecule has 3 aromatic rings. The maximum Gasteiger partial charge on any atom is 0.337 e. The van der Waals surface area contributed by atoms with Crippen molar-refractivity contribution >= 4 is 26.9 Å². The summed E-state index contributed by atoms with van der Waals surface area (Å²) >= 11 is 0. The highest BCUT2D eigenvalue weighted by atomic mass is 32.2. The van der Waals surface area contributed by atoms with E-state index in [9.17, 15) is 18.0 Å². The van der Waals surface area contributed by atoms with Crippen LogP contribution >= 0.6 is 0 Å². The number of sulfonamides is 1. The number of methoxy groups -OCH3 is 2. The minimum Gasteiger partial charge on any atom is -0.497 e. The Morgan fingerprint density at radius 1 is 1.18 bits per heavy atom. The second-order valence-corrected chi connectivity index (χ2v) is 9.97. The summed E-state index contributed by atoms with van der Waals surface area (Å²) in [6, 6.07) is 12.6. The summed E-state index contributed by atoms with van der Waals surface area (Å²) < 4.78 is 44.1. The number of rotatable bonds is 8. The summed E-state index contributed by atoms with van der Waals surface area (Å²) in [5.41, 5.74) is 0.616. The van der Waals surface area contributed by atoms with Crippen LogP contribution in [0.3, 0.4) is 0 Å². The highest BCUT2D eigenvalue weighted by Crippen LogP contribution is 2.24. The summed E-state index contributed by atoms with van der Waals surface area (Å²) in [7, 11) is -1.29. The lowest BCUT2D eigenvalue weighted by Gasteiger charge is -2.25. The molecular weight excluding hydrogens is 460 g/mol. The molecule has 1 N–H and O–H groups in total. The number of esters is 1.